The topological polar surface area (TPSA) is 111 Å². The minimum absolute atomic E-state index is 0.105. The summed E-state index contributed by atoms with van der Waals surface area (Å²) in [5.74, 6) is 1.21. The monoisotopic (exact) mass is 479 g/mol. The van der Waals surface area contributed by atoms with E-state index in [9.17, 15) is 9.59 Å². The van der Waals surface area contributed by atoms with Crippen molar-refractivity contribution < 1.29 is 14.3 Å². The van der Waals surface area contributed by atoms with Gasteiger partial charge in [-0.25, -0.2) is 9.61 Å². The van der Waals surface area contributed by atoms with Gasteiger partial charge in [0.15, 0.2) is 11.5 Å². The third-order valence-electron chi connectivity index (χ3n) is 5.20. The van der Waals surface area contributed by atoms with E-state index in [1.165, 1.54) is 21.8 Å². The van der Waals surface area contributed by atoms with E-state index in [4.69, 9.17) is 9.47 Å². The van der Waals surface area contributed by atoms with E-state index in [2.05, 4.69) is 32.7 Å². The number of rotatable bonds is 10. The summed E-state index contributed by atoms with van der Waals surface area (Å²) in [6, 6.07) is 17.2. The maximum atomic E-state index is 12.3. The van der Waals surface area contributed by atoms with E-state index >= 15 is 0 Å². The first kappa shape index (κ1) is 23.4. The summed E-state index contributed by atoms with van der Waals surface area (Å²) >= 11 is 1.21. The normalized spacial score (nSPS) is 10.9. The van der Waals surface area contributed by atoms with E-state index in [-0.39, 0.29) is 17.2 Å². The lowest BCUT2D eigenvalue weighted by Gasteiger charge is -2.08. The Labute approximate surface area is 200 Å². The van der Waals surface area contributed by atoms with Crippen molar-refractivity contribution in [3.05, 3.63) is 70.5 Å². The fourth-order valence-corrected chi connectivity index (χ4v) is 4.20. The van der Waals surface area contributed by atoms with Gasteiger partial charge in [-0.15, -0.1) is 5.10 Å². The molecule has 2 N–H and O–H groups in total. The van der Waals surface area contributed by atoms with Gasteiger partial charge in [0.1, 0.15) is 5.52 Å². The van der Waals surface area contributed by atoms with Gasteiger partial charge in [0, 0.05) is 12.1 Å². The van der Waals surface area contributed by atoms with Crippen molar-refractivity contribution in [2.75, 3.05) is 26.5 Å². The van der Waals surface area contributed by atoms with Gasteiger partial charge in [0.25, 0.3) is 5.56 Å². The average molecular weight is 480 g/mol. The molecule has 0 radical (unpaired) electrons. The summed E-state index contributed by atoms with van der Waals surface area (Å²) < 4.78 is 12.1. The smallest absolute Gasteiger partial charge is 0.290 e. The Kier molecular flexibility index (Phi) is 7.48. The van der Waals surface area contributed by atoms with Crippen LogP contribution in [0.2, 0.25) is 0 Å². The molecule has 0 saturated heterocycles. The second kappa shape index (κ2) is 10.9. The van der Waals surface area contributed by atoms with Gasteiger partial charge in [-0.05, 0) is 42.7 Å². The maximum Gasteiger partial charge on any atom is 0.290 e. The molecule has 2 aromatic carbocycles. The Bertz CT molecular complexity index is 1340. The van der Waals surface area contributed by atoms with Crippen LogP contribution in [0.4, 0.5) is 0 Å². The highest BCUT2D eigenvalue weighted by molar-refractivity contribution is 7.99. The fraction of sp³-hybridized carbons (Fsp3) is 0.250. The number of methoxy groups -OCH3 is 2. The first-order valence-electron chi connectivity index (χ1n) is 10.7. The number of carbonyl (C=O) groups is 1. The van der Waals surface area contributed by atoms with Crippen LogP contribution in [0.15, 0.2) is 64.5 Å². The molecule has 0 bridgehead atoms. The van der Waals surface area contributed by atoms with Gasteiger partial charge in [-0.1, -0.05) is 42.1 Å². The second-order valence-electron chi connectivity index (χ2n) is 7.46. The van der Waals surface area contributed by atoms with Gasteiger partial charge < -0.3 is 14.8 Å². The fourth-order valence-electron chi connectivity index (χ4n) is 3.47. The molecule has 0 aliphatic carbocycles. The molecular formula is C24H25N5O4S. The van der Waals surface area contributed by atoms with Crippen molar-refractivity contribution in [3.63, 3.8) is 0 Å². The number of nitrogens with zero attached hydrogens (tertiary/aromatic N) is 3. The molecule has 9 nitrogen and oxygen atoms in total. The van der Waals surface area contributed by atoms with Crippen molar-refractivity contribution in [1.29, 1.82) is 0 Å². The van der Waals surface area contributed by atoms with Gasteiger partial charge in [0.05, 0.1) is 25.7 Å². The van der Waals surface area contributed by atoms with Crippen molar-refractivity contribution >= 4 is 23.2 Å². The molecule has 0 aliphatic heterocycles. The van der Waals surface area contributed by atoms with Crippen molar-refractivity contribution in [2.24, 2.45) is 0 Å². The van der Waals surface area contributed by atoms with E-state index in [1.54, 1.807) is 32.4 Å². The second-order valence-corrected chi connectivity index (χ2v) is 8.40. The van der Waals surface area contributed by atoms with Crippen LogP contribution in [0.3, 0.4) is 0 Å². The van der Waals surface area contributed by atoms with Crippen LogP contribution >= 0.6 is 11.8 Å². The van der Waals surface area contributed by atoms with Crippen LogP contribution in [0.5, 0.6) is 11.5 Å². The summed E-state index contributed by atoms with van der Waals surface area (Å²) in [7, 11) is 3.12. The highest BCUT2D eigenvalue weighted by Crippen LogP contribution is 2.32. The minimum Gasteiger partial charge on any atom is -0.493 e. The van der Waals surface area contributed by atoms with Crippen LogP contribution < -0.4 is 20.3 Å². The minimum atomic E-state index is -0.367. The van der Waals surface area contributed by atoms with Gasteiger partial charge in [-0.3, -0.25) is 9.59 Å². The van der Waals surface area contributed by atoms with Crippen molar-refractivity contribution in [1.82, 2.24) is 25.1 Å². The van der Waals surface area contributed by atoms with Crippen molar-refractivity contribution in [2.45, 2.75) is 18.0 Å². The molecule has 4 rings (SSSR count). The standard InChI is InChI=1S/C24H25N5O4S/c1-32-20-11-10-17(13-21(20)33-2)18-14-19-23(31)26-27-24(29(19)28-18)34-15-22(30)25-12-6-9-16-7-4-3-5-8-16/h3-5,7-8,10-11,13-14H,6,9,12,15H2,1-2H3,(H,25,30)(H,26,31). The third-order valence-corrected chi connectivity index (χ3v) is 6.12. The van der Waals surface area contributed by atoms with Crippen LogP contribution in [0, 0.1) is 0 Å². The van der Waals surface area contributed by atoms with E-state index < -0.39 is 0 Å². The number of nitrogens with one attached hydrogen (secondary N) is 2. The summed E-state index contributed by atoms with van der Waals surface area (Å²) in [5.41, 5.74) is 2.55. The number of hydrogen-bond donors (Lipinski definition) is 2. The number of benzene rings is 2. The third kappa shape index (κ3) is 5.40. The largest absolute Gasteiger partial charge is 0.493 e. The first-order valence-corrected chi connectivity index (χ1v) is 11.7. The molecule has 176 valence electrons. The number of H-pyrrole nitrogens is 1. The van der Waals surface area contributed by atoms with E-state index in [0.29, 0.717) is 34.4 Å². The van der Waals surface area contributed by atoms with Gasteiger partial charge in [-0.2, -0.15) is 5.10 Å². The Morgan fingerprint density at radius 1 is 1.09 bits per heavy atom. The highest BCUT2D eigenvalue weighted by Gasteiger charge is 2.15. The molecule has 4 aromatic rings. The molecule has 0 fully saturated rings. The summed E-state index contributed by atoms with van der Waals surface area (Å²) in [6.45, 7) is 0.591. The van der Waals surface area contributed by atoms with Crippen LogP contribution in [-0.4, -0.2) is 52.2 Å². The Balaban J connectivity index is 1.42. The zero-order valence-electron chi connectivity index (χ0n) is 18.9. The number of thioether (sulfide) groups is 1. The molecule has 0 saturated carbocycles. The number of aromatic nitrogens is 4. The first-order chi connectivity index (χ1) is 16.6. The van der Waals surface area contributed by atoms with Gasteiger partial charge in [0.2, 0.25) is 11.1 Å². The van der Waals surface area contributed by atoms with Crippen molar-refractivity contribution in [3.8, 4) is 22.8 Å². The number of aromatic amines is 1. The molecule has 0 aliphatic rings. The number of aryl methyl sites for hydroxylation is 1. The molecule has 10 heteroatoms. The summed E-state index contributed by atoms with van der Waals surface area (Å²) in [5, 5.41) is 14.4. The molecule has 1 amide bonds. The van der Waals surface area contributed by atoms with Crippen LogP contribution in [0.25, 0.3) is 16.8 Å². The van der Waals surface area contributed by atoms with Crippen LogP contribution in [0.1, 0.15) is 12.0 Å². The lowest BCUT2D eigenvalue weighted by Crippen LogP contribution is -2.26. The zero-order chi connectivity index (χ0) is 23.9. The Morgan fingerprint density at radius 3 is 2.65 bits per heavy atom. The average Bonchev–Trinajstić information content (AvgIpc) is 3.33. The SMILES string of the molecule is COc1ccc(-c2cc3c(=O)[nH]nc(SCC(=O)NCCCc4ccccc4)n3n2)cc1OC. The summed E-state index contributed by atoms with van der Waals surface area (Å²) in [4.78, 5) is 24.6. The molecule has 2 heterocycles. The molecule has 0 spiro atoms. The molecule has 34 heavy (non-hydrogen) atoms. The maximum absolute atomic E-state index is 12.3. The lowest BCUT2D eigenvalue weighted by molar-refractivity contribution is -0.118. The van der Waals surface area contributed by atoms with Crippen LogP contribution in [-0.2, 0) is 11.2 Å². The zero-order valence-corrected chi connectivity index (χ0v) is 19.7. The Hall–Kier alpha value is -3.79. The van der Waals surface area contributed by atoms with E-state index in [1.807, 2.05) is 24.3 Å². The highest BCUT2D eigenvalue weighted by atomic mass is 32.2. The molecule has 2 aromatic heterocycles. The quantitative estimate of drug-likeness (QED) is 0.266. The number of amides is 1. The molecular weight excluding hydrogens is 454 g/mol. The molecule has 0 unspecified atom stereocenters. The Morgan fingerprint density at radius 2 is 1.88 bits per heavy atom. The number of fused-ring (bicyclic) bond motifs is 1. The number of ether oxygens (including phenoxy) is 2. The predicted octanol–water partition coefficient (Wildman–Crippen LogP) is 2.94. The number of carbonyl (C=O) groups excluding carboxylic acids is 1. The lowest BCUT2D eigenvalue weighted by atomic mass is 10.1. The molecule has 0 atom stereocenters. The predicted molar refractivity (Wildman–Crippen MR) is 131 cm³/mol. The van der Waals surface area contributed by atoms with Gasteiger partial charge >= 0.3 is 0 Å². The summed E-state index contributed by atoms with van der Waals surface area (Å²) in [6.07, 6.45) is 1.76. The van der Waals surface area contributed by atoms with E-state index in [0.717, 1.165) is 18.4 Å². The number of hydrogen-bond acceptors (Lipinski definition) is 7.